The van der Waals surface area contributed by atoms with Gasteiger partial charge in [-0.15, -0.1) is 11.3 Å². The number of hydrogen-bond donors (Lipinski definition) is 1. The summed E-state index contributed by atoms with van der Waals surface area (Å²) in [4.78, 5) is 7.24. The van der Waals surface area contributed by atoms with Crippen molar-refractivity contribution >= 4 is 17.0 Å². The number of hydrogen-bond acceptors (Lipinski definition) is 4. The average Bonchev–Trinajstić information content (AvgIpc) is 3.00. The van der Waals surface area contributed by atoms with Gasteiger partial charge < -0.3 is 5.32 Å². The third kappa shape index (κ3) is 3.49. The summed E-state index contributed by atoms with van der Waals surface area (Å²) in [6.45, 7) is 7.17. The van der Waals surface area contributed by atoms with Gasteiger partial charge in [0, 0.05) is 46.4 Å². The van der Waals surface area contributed by atoms with Crippen LogP contribution in [0, 0.1) is 13.8 Å². The minimum absolute atomic E-state index is 0.443. The standard InChI is InChI=1S/C16H20N4S/c1-11(6-15-5-4-13(3)21-15)17-8-14-9-18-16-7-12(2)19-20(16)10-14/h4-5,7,9-11,17H,6,8H2,1-3H3. The second-order valence-electron chi connectivity index (χ2n) is 5.55. The molecule has 0 amide bonds. The van der Waals surface area contributed by atoms with Crippen molar-refractivity contribution in [2.75, 3.05) is 0 Å². The van der Waals surface area contributed by atoms with Gasteiger partial charge in [0.2, 0.25) is 0 Å². The normalized spacial score (nSPS) is 12.9. The van der Waals surface area contributed by atoms with Crippen LogP contribution in [0.15, 0.2) is 30.6 Å². The maximum atomic E-state index is 4.43. The largest absolute Gasteiger partial charge is 0.310 e. The first-order chi connectivity index (χ1) is 10.1. The summed E-state index contributed by atoms with van der Waals surface area (Å²) in [6.07, 6.45) is 5.03. The Kier molecular flexibility index (Phi) is 4.03. The summed E-state index contributed by atoms with van der Waals surface area (Å²) in [5.41, 5.74) is 3.05. The van der Waals surface area contributed by atoms with E-state index >= 15 is 0 Å². The molecule has 0 saturated carbocycles. The van der Waals surface area contributed by atoms with Gasteiger partial charge >= 0.3 is 0 Å². The van der Waals surface area contributed by atoms with Crippen LogP contribution in [0.1, 0.15) is 27.9 Å². The monoisotopic (exact) mass is 300 g/mol. The van der Waals surface area contributed by atoms with Crippen molar-refractivity contribution in [2.24, 2.45) is 0 Å². The molecular weight excluding hydrogens is 280 g/mol. The summed E-state index contributed by atoms with van der Waals surface area (Å²) >= 11 is 1.88. The predicted octanol–water partition coefficient (Wildman–Crippen LogP) is 3.13. The minimum atomic E-state index is 0.443. The Morgan fingerprint density at radius 2 is 2.19 bits per heavy atom. The lowest BCUT2D eigenvalue weighted by molar-refractivity contribution is 0.546. The maximum absolute atomic E-state index is 4.43. The van der Waals surface area contributed by atoms with Crippen molar-refractivity contribution in [3.63, 3.8) is 0 Å². The Labute approximate surface area is 128 Å². The second kappa shape index (κ2) is 5.95. The van der Waals surface area contributed by atoms with Crippen LogP contribution in [-0.4, -0.2) is 20.6 Å². The molecule has 21 heavy (non-hydrogen) atoms. The Balaban J connectivity index is 1.60. The highest BCUT2D eigenvalue weighted by Gasteiger charge is 2.06. The van der Waals surface area contributed by atoms with Crippen molar-refractivity contribution < 1.29 is 0 Å². The van der Waals surface area contributed by atoms with Crippen molar-refractivity contribution in [3.05, 3.63) is 51.6 Å². The molecule has 3 aromatic heterocycles. The quantitative estimate of drug-likeness (QED) is 0.787. The van der Waals surface area contributed by atoms with Gasteiger partial charge in [0.15, 0.2) is 5.65 Å². The van der Waals surface area contributed by atoms with Crippen LogP contribution in [0.3, 0.4) is 0 Å². The lowest BCUT2D eigenvalue weighted by Gasteiger charge is -2.12. The molecular formula is C16H20N4S. The van der Waals surface area contributed by atoms with E-state index in [2.05, 4.69) is 41.4 Å². The first-order valence-electron chi connectivity index (χ1n) is 7.20. The topological polar surface area (TPSA) is 42.2 Å². The van der Waals surface area contributed by atoms with E-state index in [1.54, 1.807) is 0 Å². The van der Waals surface area contributed by atoms with Gasteiger partial charge in [-0.3, -0.25) is 0 Å². The first kappa shape index (κ1) is 14.2. The zero-order valence-electron chi connectivity index (χ0n) is 12.6. The number of rotatable bonds is 5. The summed E-state index contributed by atoms with van der Waals surface area (Å²) in [5.74, 6) is 0. The van der Waals surface area contributed by atoms with E-state index in [4.69, 9.17) is 0 Å². The van der Waals surface area contributed by atoms with Crippen LogP contribution in [0.5, 0.6) is 0 Å². The fourth-order valence-electron chi connectivity index (χ4n) is 2.39. The van der Waals surface area contributed by atoms with Crippen molar-refractivity contribution in [2.45, 2.75) is 39.8 Å². The van der Waals surface area contributed by atoms with E-state index in [9.17, 15) is 0 Å². The molecule has 3 heterocycles. The van der Waals surface area contributed by atoms with Crippen LogP contribution >= 0.6 is 11.3 Å². The average molecular weight is 300 g/mol. The molecule has 110 valence electrons. The molecule has 1 atom stereocenters. The third-order valence-corrected chi connectivity index (χ3v) is 4.47. The first-order valence-corrected chi connectivity index (χ1v) is 8.01. The molecule has 0 radical (unpaired) electrons. The lowest BCUT2D eigenvalue weighted by Crippen LogP contribution is -2.27. The molecule has 0 aliphatic heterocycles. The predicted molar refractivity (Wildman–Crippen MR) is 86.8 cm³/mol. The van der Waals surface area contributed by atoms with Crippen LogP contribution in [-0.2, 0) is 13.0 Å². The van der Waals surface area contributed by atoms with Gasteiger partial charge in [0.05, 0.1) is 5.69 Å². The smallest absolute Gasteiger partial charge is 0.155 e. The number of nitrogens with zero attached hydrogens (tertiary/aromatic N) is 3. The van der Waals surface area contributed by atoms with E-state index in [1.165, 1.54) is 9.75 Å². The molecule has 4 nitrogen and oxygen atoms in total. The summed E-state index contributed by atoms with van der Waals surface area (Å²) in [7, 11) is 0. The van der Waals surface area contributed by atoms with Crippen LogP contribution in [0.4, 0.5) is 0 Å². The van der Waals surface area contributed by atoms with E-state index in [0.29, 0.717) is 6.04 Å². The molecule has 3 aromatic rings. The van der Waals surface area contributed by atoms with Gasteiger partial charge in [0.25, 0.3) is 0 Å². The van der Waals surface area contributed by atoms with Crippen LogP contribution in [0.25, 0.3) is 5.65 Å². The molecule has 0 fully saturated rings. The van der Waals surface area contributed by atoms with Crippen molar-refractivity contribution in [1.29, 1.82) is 0 Å². The molecule has 5 heteroatoms. The molecule has 0 saturated heterocycles. The third-order valence-electron chi connectivity index (χ3n) is 3.45. The van der Waals surface area contributed by atoms with Crippen molar-refractivity contribution in [1.82, 2.24) is 19.9 Å². The molecule has 3 rings (SSSR count). The fraction of sp³-hybridized carbons (Fsp3) is 0.375. The van der Waals surface area contributed by atoms with E-state index in [1.807, 2.05) is 41.2 Å². The summed E-state index contributed by atoms with van der Waals surface area (Å²) in [6, 6.07) is 6.83. The molecule has 1 N–H and O–H groups in total. The van der Waals surface area contributed by atoms with Crippen LogP contribution in [0.2, 0.25) is 0 Å². The molecule has 0 bridgehead atoms. The van der Waals surface area contributed by atoms with Gasteiger partial charge in [-0.05, 0) is 39.3 Å². The fourth-order valence-corrected chi connectivity index (χ4v) is 3.41. The van der Waals surface area contributed by atoms with E-state index in [-0.39, 0.29) is 0 Å². The molecule has 0 spiro atoms. The molecule has 1 unspecified atom stereocenters. The SMILES string of the molecule is Cc1cc2ncc(CNC(C)Cc3ccc(C)s3)cn2n1. The van der Waals surface area contributed by atoms with Crippen molar-refractivity contribution in [3.8, 4) is 0 Å². The summed E-state index contributed by atoms with van der Waals surface area (Å²) < 4.78 is 1.85. The molecule has 0 aliphatic carbocycles. The number of thiophene rings is 1. The second-order valence-corrected chi connectivity index (χ2v) is 6.92. The van der Waals surface area contributed by atoms with Gasteiger partial charge in [0.1, 0.15) is 0 Å². The Hall–Kier alpha value is -1.72. The maximum Gasteiger partial charge on any atom is 0.155 e. The van der Waals surface area contributed by atoms with Gasteiger partial charge in [-0.2, -0.15) is 5.10 Å². The number of nitrogens with one attached hydrogen (secondary N) is 1. The van der Waals surface area contributed by atoms with Gasteiger partial charge in [-0.1, -0.05) is 0 Å². The lowest BCUT2D eigenvalue weighted by atomic mass is 10.2. The highest BCUT2D eigenvalue weighted by molar-refractivity contribution is 7.11. The minimum Gasteiger partial charge on any atom is -0.310 e. The Morgan fingerprint density at radius 3 is 2.95 bits per heavy atom. The Bertz CT molecular complexity index is 744. The molecule has 0 aliphatic rings. The zero-order chi connectivity index (χ0) is 14.8. The highest BCUT2D eigenvalue weighted by atomic mass is 32.1. The van der Waals surface area contributed by atoms with E-state index in [0.717, 1.165) is 29.9 Å². The van der Waals surface area contributed by atoms with Gasteiger partial charge in [-0.25, -0.2) is 9.50 Å². The van der Waals surface area contributed by atoms with Crippen LogP contribution < -0.4 is 5.32 Å². The summed E-state index contributed by atoms with van der Waals surface area (Å²) in [5, 5.41) is 7.95. The zero-order valence-corrected chi connectivity index (χ0v) is 13.4. The Morgan fingerprint density at radius 1 is 1.33 bits per heavy atom. The molecule has 0 aromatic carbocycles. The number of aryl methyl sites for hydroxylation is 2. The highest BCUT2D eigenvalue weighted by Crippen LogP contribution is 2.16. The number of fused-ring (bicyclic) bond motifs is 1. The van der Waals surface area contributed by atoms with E-state index < -0.39 is 0 Å². The number of aromatic nitrogens is 3.